The lowest BCUT2D eigenvalue weighted by atomic mass is 9.96. The van der Waals surface area contributed by atoms with Crippen LogP contribution in [0.2, 0.25) is 0 Å². The zero-order valence-corrected chi connectivity index (χ0v) is 14.2. The van der Waals surface area contributed by atoms with E-state index >= 15 is 0 Å². The van der Waals surface area contributed by atoms with Crippen molar-refractivity contribution in [2.75, 3.05) is 11.1 Å². The fourth-order valence-corrected chi connectivity index (χ4v) is 3.76. The minimum atomic E-state index is -3.84. The molecule has 0 aliphatic carbocycles. The summed E-state index contributed by atoms with van der Waals surface area (Å²) in [5.74, 6) is -0.165. The third-order valence-electron chi connectivity index (χ3n) is 3.25. The van der Waals surface area contributed by atoms with Gasteiger partial charge in [-0.05, 0) is 75.2 Å². The van der Waals surface area contributed by atoms with Gasteiger partial charge in [-0.3, -0.25) is 4.55 Å². The maximum absolute atomic E-state index is 10.7. The molecule has 0 amide bonds. The van der Waals surface area contributed by atoms with E-state index in [4.69, 9.17) is 4.55 Å². The molecule has 1 atom stereocenters. The summed E-state index contributed by atoms with van der Waals surface area (Å²) in [5.41, 5.74) is 2.35. The lowest BCUT2D eigenvalue weighted by Crippen LogP contribution is -2.26. The highest BCUT2D eigenvalue weighted by Crippen LogP contribution is 2.36. The molecule has 0 radical (unpaired) electrons. The summed E-state index contributed by atoms with van der Waals surface area (Å²) in [7, 11) is -3.84. The Balaban J connectivity index is 1.97. The maximum atomic E-state index is 10.7. The molecule has 1 aromatic rings. The SMILES string of the molecule is O=S(=O)(O)CCCC1CCc2c(ccc(Br)c2Br)N1. The summed E-state index contributed by atoms with van der Waals surface area (Å²) in [5, 5.41) is 3.42. The van der Waals surface area contributed by atoms with Crippen LogP contribution in [0.5, 0.6) is 0 Å². The molecule has 1 aliphatic rings. The number of rotatable bonds is 4. The molecule has 1 aromatic carbocycles. The Morgan fingerprint density at radius 3 is 2.79 bits per heavy atom. The van der Waals surface area contributed by atoms with Crippen LogP contribution in [0.4, 0.5) is 5.69 Å². The second-order valence-corrected chi connectivity index (χ2v) is 7.92. The zero-order chi connectivity index (χ0) is 14.0. The van der Waals surface area contributed by atoms with Gasteiger partial charge < -0.3 is 5.32 Å². The number of nitrogens with one attached hydrogen (secondary N) is 1. The Bertz CT molecular complexity index is 575. The number of hydrogen-bond donors (Lipinski definition) is 2. The van der Waals surface area contributed by atoms with Crippen LogP contribution in [0, 0.1) is 0 Å². The quantitative estimate of drug-likeness (QED) is 0.741. The normalized spacial score (nSPS) is 18.8. The van der Waals surface area contributed by atoms with Gasteiger partial charge in [-0.1, -0.05) is 0 Å². The number of hydrogen-bond acceptors (Lipinski definition) is 3. The molecule has 4 nitrogen and oxygen atoms in total. The smallest absolute Gasteiger partial charge is 0.264 e. The molecule has 0 aromatic heterocycles. The Morgan fingerprint density at radius 2 is 2.11 bits per heavy atom. The first-order valence-electron chi connectivity index (χ1n) is 6.05. The van der Waals surface area contributed by atoms with E-state index in [1.165, 1.54) is 5.56 Å². The van der Waals surface area contributed by atoms with Crippen molar-refractivity contribution in [1.29, 1.82) is 0 Å². The van der Waals surface area contributed by atoms with E-state index in [2.05, 4.69) is 37.2 Å². The van der Waals surface area contributed by atoms with Gasteiger partial charge in [0.2, 0.25) is 0 Å². The van der Waals surface area contributed by atoms with Crippen molar-refractivity contribution >= 4 is 47.7 Å². The summed E-state index contributed by atoms with van der Waals surface area (Å²) in [4.78, 5) is 0. The predicted molar refractivity (Wildman–Crippen MR) is 83.2 cm³/mol. The van der Waals surface area contributed by atoms with E-state index in [1.807, 2.05) is 12.1 Å². The molecule has 0 saturated heterocycles. The zero-order valence-electron chi connectivity index (χ0n) is 10.2. The second kappa shape index (κ2) is 6.11. The van der Waals surface area contributed by atoms with Crippen molar-refractivity contribution < 1.29 is 13.0 Å². The highest BCUT2D eigenvalue weighted by molar-refractivity contribution is 9.13. The average molecular weight is 413 g/mol. The molecule has 7 heteroatoms. The predicted octanol–water partition coefficient (Wildman–Crippen LogP) is 3.61. The number of fused-ring (bicyclic) bond motifs is 1. The Morgan fingerprint density at radius 1 is 1.37 bits per heavy atom. The van der Waals surface area contributed by atoms with Gasteiger partial charge >= 0.3 is 0 Å². The van der Waals surface area contributed by atoms with Crippen molar-refractivity contribution in [3.05, 3.63) is 26.6 Å². The first kappa shape index (κ1) is 15.3. The molecule has 2 rings (SSSR count). The number of halogens is 2. The molecule has 106 valence electrons. The molecule has 1 aliphatic heterocycles. The van der Waals surface area contributed by atoms with E-state index < -0.39 is 10.1 Å². The molecular formula is C12H15Br2NO3S. The minimum Gasteiger partial charge on any atom is -0.382 e. The second-order valence-electron chi connectivity index (χ2n) is 4.70. The van der Waals surface area contributed by atoms with Gasteiger partial charge in [-0.15, -0.1) is 0 Å². The van der Waals surface area contributed by atoms with E-state index in [0.717, 1.165) is 33.9 Å². The van der Waals surface area contributed by atoms with Gasteiger partial charge in [0.25, 0.3) is 10.1 Å². The monoisotopic (exact) mass is 411 g/mol. The first-order valence-corrected chi connectivity index (χ1v) is 9.25. The Labute approximate surface area is 130 Å². The highest BCUT2D eigenvalue weighted by Gasteiger charge is 2.20. The van der Waals surface area contributed by atoms with Crippen LogP contribution in [0.15, 0.2) is 21.1 Å². The molecule has 0 spiro atoms. The first-order chi connectivity index (χ1) is 8.87. The van der Waals surface area contributed by atoms with Gasteiger partial charge in [0.05, 0.1) is 5.75 Å². The van der Waals surface area contributed by atoms with E-state index in [-0.39, 0.29) is 11.8 Å². The molecule has 0 fully saturated rings. The number of benzene rings is 1. The summed E-state index contributed by atoms with van der Waals surface area (Å²) < 4.78 is 32.2. The van der Waals surface area contributed by atoms with Crippen LogP contribution in [-0.4, -0.2) is 24.8 Å². The molecule has 1 unspecified atom stereocenters. The summed E-state index contributed by atoms with van der Waals surface area (Å²) in [6.45, 7) is 0. The molecule has 0 saturated carbocycles. The van der Waals surface area contributed by atoms with Crippen LogP contribution < -0.4 is 5.32 Å². The Hall–Kier alpha value is -0.110. The van der Waals surface area contributed by atoms with Gasteiger partial charge in [-0.25, -0.2) is 0 Å². The lowest BCUT2D eigenvalue weighted by Gasteiger charge is -2.28. The van der Waals surface area contributed by atoms with Crippen LogP contribution in [0.25, 0.3) is 0 Å². The topological polar surface area (TPSA) is 66.4 Å². The van der Waals surface area contributed by atoms with Crippen LogP contribution in [-0.2, 0) is 16.5 Å². The van der Waals surface area contributed by atoms with Gasteiger partial charge in [0.1, 0.15) is 0 Å². The van der Waals surface area contributed by atoms with Gasteiger partial charge in [0.15, 0.2) is 0 Å². The van der Waals surface area contributed by atoms with Crippen molar-refractivity contribution in [3.8, 4) is 0 Å². The van der Waals surface area contributed by atoms with Crippen LogP contribution in [0.3, 0.4) is 0 Å². The van der Waals surface area contributed by atoms with Crippen molar-refractivity contribution in [3.63, 3.8) is 0 Å². The van der Waals surface area contributed by atoms with Gasteiger partial charge in [-0.2, -0.15) is 8.42 Å². The number of anilines is 1. The largest absolute Gasteiger partial charge is 0.382 e. The molecule has 1 heterocycles. The van der Waals surface area contributed by atoms with Crippen LogP contribution in [0.1, 0.15) is 24.8 Å². The van der Waals surface area contributed by atoms with Crippen molar-refractivity contribution in [2.24, 2.45) is 0 Å². The van der Waals surface area contributed by atoms with Crippen molar-refractivity contribution in [1.82, 2.24) is 0 Å². The molecule has 0 bridgehead atoms. The van der Waals surface area contributed by atoms with E-state index in [9.17, 15) is 8.42 Å². The Kier molecular flexibility index (Phi) is 4.92. The molecule has 2 N–H and O–H groups in total. The van der Waals surface area contributed by atoms with E-state index in [0.29, 0.717) is 6.42 Å². The van der Waals surface area contributed by atoms with Crippen molar-refractivity contribution in [2.45, 2.75) is 31.7 Å². The van der Waals surface area contributed by atoms with E-state index in [1.54, 1.807) is 0 Å². The fourth-order valence-electron chi connectivity index (χ4n) is 2.31. The lowest BCUT2D eigenvalue weighted by molar-refractivity contribution is 0.477. The molecular weight excluding hydrogens is 398 g/mol. The molecule has 19 heavy (non-hydrogen) atoms. The summed E-state index contributed by atoms with van der Waals surface area (Å²) in [6.07, 6.45) is 3.14. The minimum absolute atomic E-state index is 0.165. The highest BCUT2D eigenvalue weighted by atomic mass is 79.9. The maximum Gasteiger partial charge on any atom is 0.264 e. The third-order valence-corrected chi connectivity index (χ3v) is 6.16. The average Bonchev–Trinajstić information content (AvgIpc) is 2.32. The summed E-state index contributed by atoms with van der Waals surface area (Å²) >= 11 is 7.05. The third kappa shape index (κ3) is 4.18. The standard InChI is InChI=1S/C12H15Br2NO3S/c13-10-5-6-11-9(12(10)14)4-3-8(15-11)2-1-7-19(16,17)18/h5-6,8,15H,1-4,7H2,(H,16,17,18). The van der Waals surface area contributed by atoms with Gasteiger partial charge in [0, 0.05) is 20.7 Å². The summed E-state index contributed by atoms with van der Waals surface area (Å²) in [6, 6.07) is 4.28. The van der Waals surface area contributed by atoms with Crippen LogP contribution >= 0.6 is 31.9 Å². The fraction of sp³-hybridized carbons (Fsp3) is 0.500.